The molecule has 0 aliphatic rings. The van der Waals surface area contributed by atoms with Gasteiger partial charge in [0.05, 0.1) is 6.20 Å². The molecular formula is C9H10N4. The number of nitrogens with two attached hydrogens (primary N) is 1. The van der Waals surface area contributed by atoms with Gasteiger partial charge in [-0.1, -0.05) is 18.2 Å². The van der Waals surface area contributed by atoms with Crippen LogP contribution in [0.2, 0.25) is 0 Å². The molecule has 66 valence electrons. The molecule has 0 amide bonds. The number of aromatic nitrogens is 3. The molecule has 4 heteroatoms. The first-order valence-electron chi connectivity index (χ1n) is 3.98. The van der Waals surface area contributed by atoms with E-state index < -0.39 is 0 Å². The molecule has 1 aromatic heterocycles. The molecule has 0 fully saturated rings. The Bertz CT molecular complexity index is 419. The molecule has 0 aliphatic heterocycles. The average Bonchev–Trinajstić information content (AvgIpc) is 2.53. The lowest BCUT2D eigenvalue weighted by Gasteiger charge is -1.99. The van der Waals surface area contributed by atoms with Gasteiger partial charge in [0.1, 0.15) is 5.69 Å². The van der Waals surface area contributed by atoms with Crippen molar-refractivity contribution in [2.45, 2.75) is 0 Å². The lowest BCUT2D eigenvalue weighted by atomic mass is 10.1. The molecule has 0 saturated carbocycles. The van der Waals surface area contributed by atoms with E-state index >= 15 is 0 Å². The van der Waals surface area contributed by atoms with E-state index in [1.807, 2.05) is 24.3 Å². The summed E-state index contributed by atoms with van der Waals surface area (Å²) in [5, 5.41) is 8.15. The maximum absolute atomic E-state index is 5.78. The smallest absolute Gasteiger partial charge is 0.115 e. The summed E-state index contributed by atoms with van der Waals surface area (Å²) >= 11 is 0. The van der Waals surface area contributed by atoms with E-state index in [0.717, 1.165) is 16.9 Å². The Morgan fingerprint density at radius 1 is 1.31 bits per heavy atom. The summed E-state index contributed by atoms with van der Waals surface area (Å²) in [4.78, 5) is 1.52. The SMILES string of the molecule is Cn1ncc(-c2ccccc2N)n1. The van der Waals surface area contributed by atoms with Crippen molar-refractivity contribution >= 4 is 5.69 Å². The Morgan fingerprint density at radius 3 is 2.69 bits per heavy atom. The average molecular weight is 174 g/mol. The molecule has 1 aromatic carbocycles. The summed E-state index contributed by atoms with van der Waals surface area (Å²) in [5.74, 6) is 0. The second-order valence-electron chi connectivity index (χ2n) is 2.81. The van der Waals surface area contributed by atoms with E-state index in [4.69, 9.17) is 5.73 Å². The first-order valence-corrected chi connectivity index (χ1v) is 3.98. The van der Waals surface area contributed by atoms with Crippen molar-refractivity contribution in [1.82, 2.24) is 15.0 Å². The van der Waals surface area contributed by atoms with E-state index in [-0.39, 0.29) is 0 Å². The number of para-hydroxylation sites is 1. The van der Waals surface area contributed by atoms with Crippen molar-refractivity contribution in [2.75, 3.05) is 5.73 Å². The highest BCUT2D eigenvalue weighted by atomic mass is 15.4. The maximum atomic E-state index is 5.78. The van der Waals surface area contributed by atoms with Crippen LogP contribution in [0.4, 0.5) is 5.69 Å². The Labute approximate surface area is 76.0 Å². The summed E-state index contributed by atoms with van der Waals surface area (Å²) in [6.07, 6.45) is 1.70. The normalized spacial score (nSPS) is 10.2. The second kappa shape index (κ2) is 2.90. The Kier molecular flexibility index (Phi) is 1.73. The molecule has 2 aromatic rings. The lowest BCUT2D eigenvalue weighted by Crippen LogP contribution is -1.93. The van der Waals surface area contributed by atoms with Gasteiger partial charge in [-0.15, -0.1) is 0 Å². The largest absolute Gasteiger partial charge is 0.398 e. The van der Waals surface area contributed by atoms with Crippen LogP contribution in [-0.4, -0.2) is 15.0 Å². The highest BCUT2D eigenvalue weighted by Crippen LogP contribution is 2.22. The van der Waals surface area contributed by atoms with Gasteiger partial charge in [0.25, 0.3) is 0 Å². The van der Waals surface area contributed by atoms with Crippen molar-refractivity contribution in [3.05, 3.63) is 30.5 Å². The quantitative estimate of drug-likeness (QED) is 0.658. The van der Waals surface area contributed by atoms with Gasteiger partial charge in [-0.25, -0.2) is 0 Å². The fourth-order valence-corrected chi connectivity index (χ4v) is 1.20. The summed E-state index contributed by atoms with van der Waals surface area (Å²) in [6.45, 7) is 0. The zero-order valence-corrected chi connectivity index (χ0v) is 7.31. The molecule has 0 aliphatic carbocycles. The van der Waals surface area contributed by atoms with Gasteiger partial charge >= 0.3 is 0 Å². The van der Waals surface area contributed by atoms with Gasteiger partial charge in [-0.2, -0.15) is 15.0 Å². The second-order valence-corrected chi connectivity index (χ2v) is 2.81. The Morgan fingerprint density at radius 2 is 2.08 bits per heavy atom. The number of nitrogens with zero attached hydrogens (tertiary/aromatic N) is 3. The molecule has 1 heterocycles. The summed E-state index contributed by atoms with van der Waals surface area (Å²) in [5.41, 5.74) is 8.24. The zero-order chi connectivity index (χ0) is 9.26. The fourth-order valence-electron chi connectivity index (χ4n) is 1.20. The van der Waals surface area contributed by atoms with Crippen molar-refractivity contribution < 1.29 is 0 Å². The van der Waals surface area contributed by atoms with E-state index in [1.54, 1.807) is 13.2 Å². The van der Waals surface area contributed by atoms with E-state index in [1.165, 1.54) is 4.80 Å². The van der Waals surface area contributed by atoms with Gasteiger partial charge in [0.2, 0.25) is 0 Å². The number of benzene rings is 1. The molecule has 13 heavy (non-hydrogen) atoms. The number of hydrogen-bond acceptors (Lipinski definition) is 3. The topological polar surface area (TPSA) is 56.7 Å². The van der Waals surface area contributed by atoms with Gasteiger partial charge < -0.3 is 5.73 Å². The van der Waals surface area contributed by atoms with Crippen molar-refractivity contribution in [2.24, 2.45) is 7.05 Å². The minimum absolute atomic E-state index is 0.725. The van der Waals surface area contributed by atoms with Crippen LogP contribution >= 0.6 is 0 Å². The summed E-state index contributed by atoms with van der Waals surface area (Å²) < 4.78 is 0. The van der Waals surface area contributed by atoms with Crippen LogP contribution in [-0.2, 0) is 7.05 Å². The zero-order valence-electron chi connectivity index (χ0n) is 7.31. The first kappa shape index (κ1) is 7.79. The molecule has 0 unspecified atom stereocenters. The summed E-state index contributed by atoms with van der Waals surface area (Å²) in [7, 11) is 1.78. The van der Waals surface area contributed by atoms with Gasteiger partial charge in [-0.3, -0.25) is 0 Å². The molecule has 0 spiro atoms. The van der Waals surface area contributed by atoms with Crippen LogP contribution in [0, 0.1) is 0 Å². The third kappa shape index (κ3) is 1.38. The predicted molar refractivity (Wildman–Crippen MR) is 50.9 cm³/mol. The first-order chi connectivity index (χ1) is 6.27. The molecule has 2 rings (SSSR count). The van der Waals surface area contributed by atoms with Crippen LogP contribution in [0.15, 0.2) is 30.5 Å². The van der Waals surface area contributed by atoms with Gasteiger partial charge in [-0.05, 0) is 6.07 Å². The minimum Gasteiger partial charge on any atom is -0.398 e. The number of rotatable bonds is 1. The maximum Gasteiger partial charge on any atom is 0.115 e. The number of nitrogen functional groups attached to an aromatic ring is 1. The predicted octanol–water partition coefficient (Wildman–Crippen LogP) is 1.06. The van der Waals surface area contributed by atoms with Gasteiger partial charge in [0.15, 0.2) is 0 Å². The van der Waals surface area contributed by atoms with Crippen LogP contribution in [0.1, 0.15) is 0 Å². The van der Waals surface area contributed by atoms with Crippen LogP contribution in [0.5, 0.6) is 0 Å². The highest BCUT2D eigenvalue weighted by molar-refractivity contribution is 5.72. The minimum atomic E-state index is 0.725. The molecule has 0 saturated heterocycles. The molecule has 2 N–H and O–H groups in total. The molecule has 4 nitrogen and oxygen atoms in total. The van der Waals surface area contributed by atoms with Crippen LogP contribution < -0.4 is 5.73 Å². The number of anilines is 1. The van der Waals surface area contributed by atoms with Crippen molar-refractivity contribution in [3.63, 3.8) is 0 Å². The fraction of sp³-hybridized carbons (Fsp3) is 0.111. The third-order valence-electron chi connectivity index (χ3n) is 1.84. The molecular weight excluding hydrogens is 164 g/mol. The highest BCUT2D eigenvalue weighted by Gasteiger charge is 2.04. The van der Waals surface area contributed by atoms with Crippen molar-refractivity contribution in [1.29, 1.82) is 0 Å². The van der Waals surface area contributed by atoms with Crippen molar-refractivity contribution in [3.8, 4) is 11.3 Å². The number of hydrogen-bond donors (Lipinski definition) is 1. The van der Waals surface area contributed by atoms with Crippen LogP contribution in [0.3, 0.4) is 0 Å². The van der Waals surface area contributed by atoms with Crippen LogP contribution in [0.25, 0.3) is 11.3 Å². The lowest BCUT2D eigenvalue weighted by molar-refractivity contribution is 0.655. The summed E-state index contributed by atoms with van der Waals surface area (Å²) in [6, 6.07) is 7.61. The van der Waals surface area contributed by atoms with E-state index in [0.29, 0.717) is 0 Å². The van der Waals surface area contributed by atoms with E-state index in [2.05, 4.69) is 10.2 Å². The molecule has 0 radical (unpaired) electrons. The standard InChI is InChI=1S/C9H10N4/c1-13-11-6-9(12-13)7-4-2-3-5-8(7)10/h2-6H,10H2,1H3. The van der Waals surface area contributed by atoms with Gasteiger partial charge in [0, 0.05) is 18.3 Å². The Hall–Kier alpha value is -1.84. The molecule has 0 bridgehead atoms. The molecule has 0 atom stereocenters. The van der Waals surface area contributed by atoms with E-state index in [9.17, 15) is 0 Å². The third-order valence-corrected chi connectivity index (χ3v) is 1.84. The monoisotopic (exact) mass is 174 g/mol. The number of aryl methyl sites for hydroxylation is 1. The Balaban J connectivity index is 2.52.